The highest BCUT2D eigenvalue weighted by Gasteiger charge is 2.13. The van der Waals surface area contributed by atoms with Crippen molar-refractivity contribution >= 4 is 28.8 Å². The molecule has 0 bridgehead atoms. The Labute approximate surface area is 120 Å². The van der Waals surface area contributed by atoms with Gasteiger partial charge in [0.25, 0.3) is 5.91 Å². The van der Waals surface area contributed by atoms with Crippen molar-refractivity contribution in [2.24, 2.45) is 0 Å². The van der Waals surface area contributed by atoms with Crippen LogP contribution in [0.5, 0.6) is 0 Å². The summed E-state index contributed by atoms with van der Waals surface area (Å²) >= 11 is 6.04. The van der Waals surface area contributed by atoms with Crippen molar-refractivity contribution in [1.29, 1.82) is 0 Å². The first-order chi connectivity index (χ1) is 9.65. The third-order valence-electron chi connectivity index (χ3n) is 2.95. The topological polar surface area (TPSA) is 59.3 Å². The van der Waals surface area contributed by atoms with E-state index < -0.39 is 0 Å². The Morgan fingerprint density at radius 2 is 2.25 bits per heavy atom. The van der Waals surface area contributed by atoms with Gasteiger partial charge in [-0.15, -0.1) is 0 Å². The standard InChI is InChI=1S/C14H11ClN4O/c1-9-3-4-10(7-12(9)15)18-14(20)11-8-17-19-6-2-5-16-13(11)19/h2-8H,1H3,(H,18,20). The first kappa shape index (κ1) is 12.6. The number of amides is 1. The highest BCUT2D eigenvalue weighted by Crippen LogP contribution is 2.20. The van der Waals surface area contributed by atoms with Gasteiger partial charge >= 0.3 is 0 Å². The number of anilines is 1. The molecule has 0 aliphatic carbocycles. The number of benzene rings is 1. The third kappa shape index (κ3) is 2.23. The van der Waals surface area contributed by atoms with Gasteiger partial charge < -0.3 is 5.32 Å². The van der Waals surface area contributed by atoms with Crippen LogP contribution in [0.2, 0.25) is 5.02 Å². The summed E-state index contributed by atoms with van der Waals surface area (Å²) < 4.78 is 1.55. The Hall–Kier alpha value is -2.40. The van der Waals surface area contributed by atoms with Gasteiger partial charge in [0.15, 0.2) is 5.65 Å². The van der Waals surface area contributed by atoms with E-state index in [1.165, 1.54) is 6.20 Å². The molecule has 1 amide bonds. The average molecular weight is 287 g/mol. The molecule has 100 valence electrons. The van der Waals surface area contributed by atoms with E-state index in [4.69, 9.17) is 11.6 Å². The first-order valence-electron chi connectivity index (χ1n) is 6.01. The molecule has 0 saturated heterocycles. The lowest BCUT2D eigenvalue weighted by atomic mass is 10.2. The summed E-state index contributed by atoms with van der Waals surface area (Å²) in [7, 11) is 0. The zero-order chi connectivity index (χ0) is 14.1. The second-order valence-electron chi connectivity index (χ2n) is 4.36. The molecule has 0 fully saturated rings. The molecular weight excluding hydrogens is 276 g/mol. The van der Waals surface area contributed by atoms with Crippen LogP contribution in [0.15, 0.2) is 42.9 Å². The second kappa shape index (κ2) is 4.94. The smallest absolute Gasteiger partial charge is 0.261 e. The molecule has 1 N–H and O–H groups in total. The van der Waals surface area contributed by atoms with E-state index in [2.05, 4.69) is 15.4 Å². The van der Waals surface area contributed by atoms with Crippen molar-refractivity contribution in [2.75, 3.05) is 5.32 Å². The second-order valence-corrected chi connectivity index (χ2v) is 4.77. The van der Waals surface area contributed by atoms with Crippen molar-refractivity contribution in [3.63, 3.8) is 0 Å². The van der Waals surface area contributed by atoms with Crippen LogP contribution in [0, 0.1) is 6.92 Å². The van der Waals surface area contributed by atoms with Gasteiger partial charge in [0.1, 0.15) is 5.56 Å². The lowest BCUT2D eigenvalue weighted by Crippen LogP contribution is -2.12. The minimum atomic E-state index is -0.265. The molecule has 3 rings (SSSR count). The first-order valence-corrected chi connectivity index (χ1v) is 6.39. The van der Waals surface area contributed by atoms with E-state index in [1.807, 2.05) is 13.0 Å². The van der Waals surface area contributed by atoms with E-state index in [0.717, 1.165) is 5.56 Å². The lowest BCUT2D eigenvalue weighted by Gasteiger charge is -2.05. The molecule has 1 aromatic carbocycles. The minimum Gasteiger partial charge on any atom is -0.322 e. The SMILES string of the molecule is Cc1ccc(NC(=O)c2cnn3cccnc23)cc1Cl. The number of nitrogens with one attached hydrogen (secondary N) is 1. The van der Waals surface area contributed by atoms with Crippen LogP contribution in [-0.2, 0) is 0 Å². The van der Waals surface area contributed by atoms with Crippen molar-refractivity contribution in [1.82, 2.24) is 14.6 Å². The average Bonchev–Trinajstić information content (AvgIpc) is 2.87. The van der Waals surface area contributed by atoms with Crippen LogP contribution < -0.4 is 5.32 Å². The van der Waals surface area contributed by atoms with Crippen LogP contribution in [0.1, 0.15) is 15.9 Å². The van der Waals surface area contributed by atoms with Crippen molar-refractivity contribution in [2.45, 2.75) is 6.92 Å². The number of halogens is 1. The monoisotopic (exact) mass is 286 g/mol. The molecule has 3 aromatic rings. The molecule has 0 aliphatic rings. The molecule has 0 saturated carbocycles. The summed E-state index contributed by atoms with van der Waals surface area (Å²) in [4.78, 5) is 16.4. The van der Waals surface area contributed by atoms with Crippen LogP contribution in [0.3, 0.4) is 0 Å². The highest BCUT2D eigenvalue weighted by atomic mass is 35.5. The van der Waals surface area contributed by atoms with Crippen LogP contribution in [0.4, 0.5) is 5.69 Å². The van der Waals surface area contributed by atoms with Crippen LogP contribution >= 0.6 is 11.6 Å². The van der Waals surface area contributed by atoms with Crippen LogP contribution in [0.25, 0.3) is 5.65 Å². The number of carbonyl (C=O) groups is 1. The fraction of sp³-hybridized carbons (Fsp3) is 0.0714. The van der Waals surface area contributed by atoms with Crippen molar-refractivity contribution in [3.05, 3.63) is 59.0 Å². The Balaban J connectivity index is 1.91. The van der Waals surface area contributed by atoms with Gasteiger partial charge in [0.05, 0.1) is 6.20 Å². The van der Waals surface area contributed by atoms with Gasteiger partial charge in [-0.2, -0.15) is 5.10 Å². The fourth-order valence-electron chi connectivity index (χ4n) is 1.86. The molecular formula is C14H11ClN4O. The summed E-state index contributed by atoms with van der Waals surface area (Å²) in [5.41, 5.74) is 2.54. The zero-order valence-electron chi connectivity index (χ0n) is 10.7. The van der Waals surface area contributed by atoms with E-state index in [-0.39, 0.29) is 5.91 Å². The highest BCUT2D eigenvalue weighted by molar-refractivity contribution is 6.31. The van der Waals surface area contributed by atoms with Gasteiger partial charge in [-0.1, -0.05) is 17.7 Å². The molecule has 2 aromatic heterocycles. The zero-order valence-corrected chi connectivity index (χ0v) is 11.4. The molecule has 0 spiro atoms. The molecule has 20 heavy (non-hydrogen) atoms. The number of aryl methyl sites for hydroxylation is 1. The van der Waals surface area contributed by atoms with Gasteiger partial charge in [-0.05, 0) is 30.7 Å². The Morgan fingerprint density at radius 1 is 1.40 bits per heavy atom. The number of hydrogen-bond acceptors (Lipinski definition) is 3. The molecule has 2 heterocycles. The minimum absolute atomic E-state index is 0.265. The van der Waals surface area contributed by atoms with Gasteiger partial charge in [-0.25, -0.2) is 9.50 Å². The quantitative estimate of drug-likeness (QED) is 0.788. The number of aromatic nitrogens is 3. The lowest BCUT2D eigenvalue weighted by molar-refractivity contribution is 0.102. The number of hydrogen-bond donors (Lipinski definition) is 1. The molecule has 5 nitrogen and oxygen atoms in total. The fourth-order valence-corrected chi connectivity index (χ4v) is 2.04. The molecule has 0 aliphatic heterocycles. The van der Waals surface area contributed by atoms with Gasteiger partial charge in [0.2, 0.25) is 0 Å². The predicted octanol–water partition coefficient (Wildman–Crippen LogP) is 2.94. The van der Waals surface area contributed by atoms with Crippen molar-refractivity contribution in [3.8, 4) is 0 Å². The largest absolute Gasteiger partial charge is 0.322 e. The summed E-state index contributed by atoms with van der Waals surface area (Å²) in [5, 5.41) is 7.48. The molecule has 0 atom stereocenters. The third-order valence-corrected chi connectivity index (χ3v) is 3.36. The molecule has 0 radical (unpaired) electrons. The maximum absolute atomic E-state index is 12.2. The number of rotatable bonds is 2. The summed E-state index contributed by atoms with van der Waals surface area (Å²) in [6.07, 6.45) is 4.85. The van der Waals surface area contributed by atoms with E-state index in [1.54, 1.807) is 35.1 Å². The normalized spacial score (nSPS) is 10.7. The van der Waals surface area contributed by atoms with E-state index >= 15 is 0 Å². The maximum Gasteiger partial charge on any atom is 0.261 e. The van der Waals surface area contributed by atoms with E-state index in [9.17, 15) is 4.79 Å². The summed E-state index contributed by atoms with van der Waals surface area (Å²) in [6.45, 7) is 1.91. The maximum atomic E-state index is 12.2. The Morgan fingerprint density at radius 3 is 3.05 bits per heavy atom. The van der Waals surface area contributed by atoms with Crippen molar-refractivity contribution < 1.29 is 4.79 Å². The van der Waals surface area contributed by atoms with Crippen LogP contribution in [-0.4, -0.2) is 20.5 Å². The Bertz CT molecular complexity index is 797. The number of fused-ring (bicyclic) bond motifs is 1. The van der Waals surface area contributed by atoms with Gasteiger partial charge in [-0.3, -0.25) is 4.79 Å². The number of carbonyl (C=O) groups excluding carboxylic acids is 1. The molecule has 6 heteroatoms. The summed E-state index contributed by atoms with van der Waals surface area (Å²) in [5.74, 6) is -0.265. The summed E-state index contributed by atoms with van der Waals surface area (Å²) in [6, 6.07) is 7.12. The predicted molar refractivity (Wildman–Crippen MR) is 77.1 cm³/mol. The van der Waals surface area contributed by atoms with Gasteiger partial charge in [0, 0.05) is 23.1 Å². The molecule has 0 unspecified atom stereocenters. The Kier molecular flexibility index (Phi) is 3.12. The number of nitrogens with zero attached hydrogens (tertiary/aromatic N) is 3. The van der Waals surface area contributed by atoms with E-state index in [0.29, 0.717) is 21.9 Å².